The van der Waals surface area contributed by atoms with Crippen LogP contribution in [0.5, 0.6) is 0 Å². The molecule has 2 rings (SSSR count). The zero-order valence-corrected chi connectivity index (χ0v) is 10.5. The number of rotatable bonds is 4. The molecule has 100 valence electrons. The molecule has 0 aliphatic carbocycles. The summed E-state index contributed by atoms with van der Waals surface area (Å²) in [6, 6.07) is 8.38. The van der Waals surface area contributed by atoms with Crippen LogP contribution in [0.15, 0.2) is 41.1 Å². The number of amides is 2. The number of nitrogens with zero attached hydrogens (tertiary/aromatic N) is 1. The van der Waals surface area contributed by atoms with Crippen LogP contribution in [-0.4, -0.2) is 16.3 Å². The molecule has 1 unspecified atom stereocenters. The van der Waals surface area contributed by atoms with Crippen molar-refractivity contribution in [3.63, 3.8) is 0 Å². The number of urea groups is 1. The fourth-order valence-corrected chi connectivity index (χ4v) is 1.55. The molecule has 1 aromatic carbocycles. The second-order valence-electron chi connectivity index (χ2n) is 4.10. The molecule has 1 aromatic heterocycles. The van der Waals surface area contributed by atoms with Crippen molar-refractivity contribution >= 4 is 11.7 Å². The van der Waals surface area contributed by atoms with E-state index in [-0.39, 0.29) is 6.03 Å². The van der Waals surface area contributed by atoms with Gasteiger partial charge in [0, 0.05) is 11.8 Å². The van der Waals surface area contributed by atoms with Crippen molar-refractivity contribution in [3.05, 3.63) is 47.9 Å². The first-order valence-corrected chi connectivity index (χ1v) is 5.87. The van der Waals surface area contributed by atoms with Crippen LogP contribution in [0.1, 0.15) is 24.3 Å². The number of carbonyl (C=O) groups is 1. The van der Waals surface area contributed by atoms with Gasteiger partial charge in [-0.05, 0) is 24.6 Å². The average molecular weight is 261 g/mol. The van der Waals surface area contributed by atoms with E-state index in [9.17, 15) is 9.90 Å². The van der Waals surface area contributed by atoms with Gasteiger partial charge in [0.15, 0.2) is 0 Å². The first-order valence-electron chi connectivity index (χ1n) is 5.87. The van der Waals surface area contributed by atoms with Crippen molar-refractivity contribution in [1.82, 2.24) is 10.5 Å². The van der Waals surface area contributed by atoms with Gasteiger partial charge in [-0.1, -0.05) is 17.3 Å². The summed E-state index contributed by atoms with van der Waals surface area (Å²) in [4.78, 5) is 11.6. The highest BCUT2D eigenvalue weighted by molar-refractivity contribution is 5.89. The average Bonchev–Trinajstić information content (AvgIpc) is 2.90. The topological polar surface area (TPSA) is 87.4 Å². The van der Waals surface area contributed by atoms with E-state index in [1.54, 1.807) is 37.3 Å². The molecule has 19 heavy (non-hydrogen) atoms. The monoisotopic (exact) mass is 261 g/mol. The summed E-state index contributed by atoms with van der Waals surface area (Å²) in [5.74, 6) is 0. The number of aliphatic hydroxyl groups is 1. The molecule has 6 nitrogen and oxygen atoms in total. The predicted octanol–water partition coefficient (Wildman–Crippen LogP) is 2.05. The van der Waals surface area contributed by atoms with E-state index in [4.69, 9.17) is 0 Å². The van der Waals surface area contributed by atoms with Gasteiger partial charge < -0.3 is 20.3 Å². The Balaban J connectivity index is 1.89. The molecule has 0 radical (unpaired) electrons. The van der Waals surface area contributed by atoms with Crippen molar-refractivity contribution in [2.24, 2.45) is 0 Å². The fourth-order valence-electron chi connectivity index (χ4n) is 1.55. The molecule has 2 aromatic rings. The molecular formula is C13H15N3O3. The largest absolute Gasteiger partial charge is 0.389 e. The van der Waals surface area contributed by atoms with Crippen molar-refractivity contribution in [2.75, 3.05) is 5.32 Å². The number of aliphatic hydroxyl groups excluding tert-OH is 1. The molecule has 0 spiro atoms. The third kappa shape index (κ3) is 3.82. The van der Waals surface area contributed by atoms with E-state index in [1.807, 2.05) is 0 Å². The smallest absolute Gasteiger partial charge is 0.319 e. The van der Waals surface area contributed by atoms with Gasteiger partial charge in [0.05, 0.1) is 12.6 Å². The van der Waals surface area contributed by atoms with Crippen molar-refractivity contribution < 1.29 is 14.4 Å². The van der Waals surface area contributed by atoms with Crippen LogP contribution < -0.4 is 10.6 Å². The number of anilines is 1. The fraction of sp³-hybridized carbons (Fsp3) is 0.231. The highest BCUT2D eigenvalue weighted by Gasteiger charge is 2.05. The van der Waals surface area contributed by atoms with Gasteiger partial charge in [-0.2, -0.15) is 0 Å². The molecule has 0 saturated carbocycles. The van der Waals surface area contributed by atoms with Gasteiger partial charge in [-0.3, -0.25) is 0 Å². The lowest BCUT2D eigenvalue weighted by Gasteiger charge is -2.09. The molecule has 0 bridgehead atoms. The summed E-state index contributed by atoms with van der Waals surface area (Å²) in [5, 5.41) is 18.5. The minimum Gasteiger partial charge on any atom is -0.389 e. The van der Waals surface area contributed by atoms with E-state index in [0.29, 0.717) is 17.9 Å². The first-order chi connectivity index (χ1) is 9.15. The summed E-state index contributed by atoms with van der Waals surface area (Å²) in [6.45, 7) is 1.96. The molecule has 0 aliphatic heterocycles. The van der Waals surface area contributed by atoms with Gasteiger partial charge in [0.2, 0.25) is 0 Å². The first kappa shape index (κ1) is 13.1. The number of aromatic nitrogens is 1. The van der Waals surface area contributed by atoms with Crippen molar-refractivity contribution in [2.45, 2.75) is 19.6 Å². The minimum atomic E-state index is -0.569. The summed E-state index contributed by atoms with van der Waals surface area (Å²) in [5.41, 5.74) is 2.01. The Bertz CT molecular complexity index is 538. The van der Waals surface area contributed by atoms with E-state index in [2.05, 4.69) is 20.3 Å². The maximum Gasteiger partial charge on any atom is 0.319 e. The number of nitrogens with one attached hydrogen (secondary N) is 2. The number of hydrogen-bond acceptors (Lipinski definition) is 4. The zero-order chi connectivity index (χ0) is 13.7. The second-order valence-corrected chi connectivity index (χ2v) is 4.10. The van der Waals surface area contributed by atoms with Crippen LogP contribution in [-0.2, 0) is 6.54 Å². The SMILES string of the molecule is CC(O)c1cccc(NC(=O)NCc2ccon2)c1. The summed E-state index contributed by atoms with van der Waals surface area (Å²) in [6.07, 6.45) is 0.876. The van der Waals surface area contributed by atoms with Crippen LogP contribution in [0.25, 0.3) is 0 Å². The summed E-state index contributed by atoms with van der Waals surface area (Å²) >= 11 is 0. The second kappa shape index (κ2) is 6.01. The lowest BCUT2D eigenvalue weighted by atomic mass is 10.1. The van der Waals surface area contributed by atoms with E-state index >= 15 is 0 Å². The molecular weight excluding hydrogens is 246 g/mol. The highest BCUT2D eigenvalue weighted by Crippen LogP contribution is 2.16. The Labute approximate surface area is 110 Å². The van der Waals surface area contributed by atoms with Gasteiger partial charge in [-0.25, -0.2) is 4.79 Å². The normalized spacial score (nSPS) is 11.9. The van der Waals surface area contributed by atoms with E-state index in [0.717, 1.165) is 5.56 Å². The Morgan fingerprint density at radius 2 is 2.32 bits per heavy atom. The molecule has 0 saturated heterocycles. The number of hydrogen-bond donors (Lipinski definition) is 3. The summed E-state index contributed by atoms with van der Waals surface area (Å²) < 4.78 is 4.66. The summed E-state index contributed by atoms with van der Waals surface area (Å²) in [7, 11) is 0. The maximum absolute atomic E-state index is 11.6. The van der Waals surface area contributed by atoms with Crippen LogP contribution in [0.3, 0.4) is 0 Å². The third-order valence-corrected chi connectivity index (χ3v) is 2.55. The molecule has 2 amide bonds. The van der Waals surface area contributed by atoms with Gasteiger partial charge >= 0.3 is 6.03 Å². The van der Waals surface area contributed by atoms with Crippen molar-refractivity contribution in [3.8, 4) is 0 Å². The third-order valence-electron chi connectivity index (χ3n) is 2.55. The minimum absolute atomic E-state index is 0.290. The molecule has 1 heterocycles. The Hall–Kier alpha value is -2.34. The number of carbonyl (C=O) groups excluding carboxylic acids is 1. The quantitative estimate of drug-likeness (QED) is 0.786. The number of benzene rings is 1. The van der Waals surface area contributed by atoms with Crippen LogP contribution >= 0.6 is 0 Å². The molecule has 3 N–H and O–H groups in total. The lowest BCUT2D eigenvalue weighted by Crippen LogP contribution is -2.28. The Kier molecular flexibility index (Phi) is 4.15. The predicted molar refractivity (Wildman–Crippen MR) is 69.4 cm³/mol. The van der Waals surface area contributed by atoms with Gasteiger partial charge in [0.25, 0.3) is 0 Å². The van der Waals surface area contributed by atoms with Gasteiger partial charge in [0.1, 0.15) is 12.0 Å². The molecule has 0 fully saturated rings. The Morgan fingerprint density at radius 1 is 1.47 bits per heavy atom. The molecule has 1 atom stereocenters. The van der Waals surface area contributed by atoms with Crippen LogP contribution in [0.2, 0.25) is 0 Å². The van der Waals surface area contributed by atoms with E-state index in [1.165, 1.54) is 6.26 Å². The maximum atomic E-state index is 11.6. The van der Waals surface area contributed by atoms with Crippen LogP contribution in [0.4, 0.5) is 10.5 Å². The van der Waals surface area contributed by atoms with Gasteiger partial charge in [-0.15, -0.1) is 0 Å². The Morgan fingerprint density at radius 3 is 3.00 bits per heavy atom. The zero-order valence-electron chi connectivity index (χ0n) is 10.5. The standard InChI is InChI=1S/C13H15N3O3/c1-9(17)10-3-2-4-11(7-10)15-13(18)14-8-12-5-6-19-16-12/h2-7,9,17H,8H2,1H3,(H2,14,15,18). The lowest BCUT2D eigenvalue weighted by molar-refractivity contribution is 0.199. The van der Waals surface area contributed by atoms with Crippen molar-refractivity contribution in [1.29, 1.82) is 0 Å². The molecule has 0 aliphatic rings. The van der Waals surface area contributed by atoms with Crippen LogP contribution in [0, 0.1) is 0 Å². The molecule has 6 heteroatoms. The van der Waals surface area contributed by atoms with E-state index < -0.39 is 6.10 Å². The highest BCUT2D eigenvalue weighted by atomic mass is 16.5.